The minimum absolute atomic E-state index is 0.0611. The van der Waals surface area contributed by atoms with Crippen molar-refractivity contribution in [1.29, 1.82) is 0 Å². The Labute approximate surface area is 124 Å². The van der Waals surface area contributed by atoms with E-state index in [1.54, 1.807) is 12.1 Å². The lowest BCUT2D eigenvalue weighted by Gasteiger charge is -2.13. The molecule has 0 aliphatic heterocycles. The first-order valence-electron chi connectivity index (χ1n) is 5.87. The van der Waals surface area contributed by atoms with E-state index in [9.17, 15) is 13.6 Å². The van der Waals surface area contributed by atoms with Crippen molar-refractivity contribution in [3.63, 3.8) is 0 Å². The van der Waals surface area contributed by atoms with Crippen molar-refractivity contribution in [2.75, 3.05) is 19.0 Å². The molecule has 0 saturated heterocycles. The molecular formula is C15H12BrF2NO. The Bertz CT molecular complexity index is 671. The van der Waals surface area contributed by atoms with Crippen molar-refractivity contribution in [2.24, 2.45) is 0 Å². The zero-order valence-corrected chi connectivity index (χ0v) is 12.5. The molecule has 0 amide bonds. The molecule has 0 spiro atoms. The Hall–Kier alpha value is -1.75. The van der Waals surface area contributed by atoms with Crippen molar-refractivity contribution in [2.45, 2.75) is 0 Å². The van der Waals surface area contributed by atoms with Gasteiger partial charge in [0.25, 0.3) is 0 Å². The largest absolute Gasteiger partial charge is 0.378 e. The lowest BCUT2D eigenvalue weighted by molar-refractivity contribution is 0.103. The minimum atomic E-state index is -0.884. The maximum absolute atomic E-state index is 13.9. The third-order valence-corrected chi connectivity index (χ3v) is 3.51. The molecule has 0 N–H and O–H groups in total. The number of ketones is 1. The first-order valence-corrected chi connectivity index (χ1v) is 6.66. The summed E-state index contributed by atoms with van der Waals surface area (Å²) in [6.45, 7) is 0. The lowest BCUT2D eigenvalue weighted by atomic mass is 10.0. The standard InChI is InChI=1S/C15H12BrF2NO/c1-19(2)10-5-3-4-9(8-10)15(20)13-12(17)7-6-11(16)14(13)18/h3-8H,1-2H3. The van der Waals surface area contributed by atoms with Gasteiger partial charge >= 0.3 is 0 Å². The van der Waals surface area contributed by atoms with Gasteiger partial charge in [-0.05, 0) is 40.2 Å². The molecule has 0 fully saturated rings. The first-order chi connectivity index (χ1) is 9.41. The van der Waals surface area contributed by atoms with Crippen LogP contribution in [0.25, 0.3) is 0 Å². The van der Waals surface area contributed by atoms with E-state index >= 15 is 0 Å². The molecule has 2 nitrogen and oxygen atoms in total. The van der Waals surface area contributed by atoms with Gasteiger partial charge < -0.3 is 4.90 Å². The summed E-state index contributed by atoms with van der Waals surface area (Å²) in [5.74, 6) is -2.43. The van der Waals surface area contributed by atoms with Crippen molar-refractivity contribution in [3.8, 4) is 0 Å². The van der Waals surface area contributed by atoms with Crippen molar-refractivity contribution in [3.05, 3.63) is 63.6 Å². The topological polar surface area (TPSA) is 20.3 Å². The van der Waals surface area contributed by atoms with Gasteiger partial charge in [-0.1, -0.05) is 12.1 Å². The molecule has 0 saturated carbocycles. The fourth-order valence-corrected chi connectivity index (χ4v) is 2.14. The molecule has 104 valence electrons. The molecule has 0 aliphatic carbocycles. The highest BCUT2D eigenvalue weighted by Crippen LogP contribution is 2.25. The molecule has 0 heterocycles. The summed E-state index contributed by atoms with van der Waals surface area (Å²) in [4.78, 5) is 14.1. The first kappa shape index (κ1) is 14.7. The smallest absolute Gasteiger partial charge is 0.199 e. The van der Waals surface area contributed by atoms with Crippen LogP contribution in [0, 0.1) is 11.6 Å². The van der Waals surface area contributed by atoms with E-state index in [2.05, 4.69) is 15.9 Å². The molecule has 20 heavy (non-hydrogen) atoms. The Balaban J connectivity index is 2.52. The molecule has 0 atom stereocenters. The average Bonchev–Trinajstić information content (AvgIpc) is 2.43. The summed E-state index contributed by atoms with van der Waals surface area (Å²) in [6, 6.07) is 8.92. The average molecular weight is 340 g/mol. The van der Waals surface area contributed by atoms with Crippen LogP contribution in [0.5, 0.6) is 0 Å². The van der Waals surface area contributed by atoms with Gasteiger partial charge in [-0.2, -0.15) is 0 Å². The molecule has 0 aromatic heterocycles. The SMILES string of the molecule is CN(C)c1cccc(C(=O)c2c(F)ccc(Br)c2F)c1. The number of hydrogen-bond donors (Lipinski definition) is 0. The summed E-state index contributed by atoms with van der Waals surface area (Å²) in [7, 11) is 3.65. The molecule has 2 rings (SSSR count). The van der Waals surface area contributed by atoms with E-state index in [1.165, 1.54) is 12.1 Å². The summed E-state index contributed by atoms with van der Waals surface area (Å²) in [5.41, 5.74) is 0.481. The van der Waals surface area contributed by atoms with Crippen LogP contribution in [0.1, 0.15) is 15.9 Å². The predicted molar refractivity (Wildman–Crippen MR) is 78.3 cm³/mol. The number of anilines is 1. The van der Waals surface area contributed by atoms with E-state index in [1.807, 2.05) is 25.1 Å². The van der Waals surface area contributed by atoms with Crippen LogP contribution >= 0.6 is 15.9 Å². The van der Waals surface area contributed by atoms with E-state index in [0.29, 0.717) is 0 Å². The molecule has 0 bridgehead atoms. The number of benzene rings is 2. The molecule has 0 unspecified atom stereocenters. The molecule has 0 radical (unpaired) electrons. The highest BCUT2D eigenvalue weighted by molar-refractivity contribution is 9.10. The maximum atomic E-state index is 13.9. The number of nitrogens with zero attached hydrogens (tertiary/aromatic N) is 1. The van der Waals surface area contributed by atoms with Gasteiger partial charge in [0.05, 0.1) is 10.0 Å². The van der Waals surface area contributed by atoms with Crippen molar-refractivity contribution < 1.29 is 13.6 Å². The normalized spacial score (nSPS) is 10.4. The zero-order chi connectivity index (χ0) is 14.9. The van der Waals surface area contributed by atoms with E-state index in [-0.39, 0.29) is 10.0 Å². The van der Waals surface area contributed by atoms with Crippen molar-refractivity contribution in [1.82, 2.24) is 0 Å². The second kappa shape index (κ2) is 5.71. The van der Waals surface area contributed by atoms with E-state index in [4.69, 9.17) is 0 Å². The predicted octanol–water partition coefficient (Wildman–Crippen LogP) is 4.02. The highest BCUT2D eigenvalue weighted by atomic mass is 79.9. The molecule has 2 aromatic carbocycles. The number of carbonyl (C=O) groups is 1. The van der Waals surface area contributed by atoms with E-state index in [0.717, 1.165) is 11.8 Å². The highest BCUT2D eigenvalue weighted by Gasteiger charge is 2.21. The fraction of sp³-hybridized carbons (Fsp3) is 0.133. The summed E-state index contributed by atoms with van der Waals surface area (Å²) < 4.78 is 27.7. The number of hydrogen-bond acceptors (Lipinski definition) is 2. The Morgan fingerprint density at radius 3 is 2.50 bits per heavy atom. The van der Waals surface area contributed by atoms with Crippen molar-refractivity contribution >= 4 is 27.4 Å². The number of rotatable bonds is 3. The quantitative estimate of drug-likeness (QED) is 0.621. The monoisotopic (exact) mass is 339 g/mol. The second-order valence-electron chi connectivity index (χ2n) is 4.49. The van der Waals surface area contributed by atoms with Crippen LogP contribution in [0.15, 0.2) is 40.9 Å². The number of carbonyl (C=O) groups excluding carboxylic acids is 1. The Morgan fingerprint density at radius 2 is 1.85 bits per heavy atom. The molecular weight excluding hydrogens is 328 g/mol. The molecule has 2 aromatic rings. The van der Waals surface area contributed by atoms with Crippen LogP contribution in [-0.2, 0) is 0 Å². The van der Waals surface area contributed by atoms with Gasteiger partial charge in [0.15, 0.2) is 11.6 Å². The third-order valence-electron chi connectivity index (χ3n) is 2.90. The van der Waals surface area contributed by atoms with Gasteiger partial charge in [-0.15, -0.1) is 0 Å². The minimum Gasteiger partial charge on any atom is -0.378 e. The summed E-state index contributed by atoms with van der Waals surface area (Å²) >= 11 is 2.96. The van der Waals surface area contributed by atoms with Crippen LogP contribution in [0.3, 0.4) is 0 Å². The molecule has 0 aliphatic rings. The third kappa shape index (κ3) is 2.72. The summed E-state index contributed by atoms with van der Waals surface area (Å²) in [6.07, 6.45) is 0. The van der Waals surface area contributed by atoms with E-state index < -0.39 is 23.0 Å². The van der Waals surface area contributed by atoms with Crippen LogP contribution < -0.4 is 4.90 Å². The Morgan fingerprint density at radius 1 is 1.15 bits per heavy atom. The Kier molecular flexibility index (Phi) is 4.18. The van der Waals surface area contributed by atoms with Crippen LogP contribution in [0.2, 0.25) is 0 Å². The number of halogens is 3. The second-order valence-corrected chi connectivity index (χ2v) is 5.35. The molecule has 5 heteroatoms. The zero-order valence-electron chi connectivity index (χ0n) is 11.0. The van der Waals surface area contributed by atoms with Gasteiger partial charge in [-0.3, -0.25) is 4.79 Å². The van der Waals surface area contributed by atoms with Crippen LogP contribution in [0.4, 0.5) is 14.5 Å². The summed E-state index contributed by atoms with van der Waals surface area (Å²) in [5, 5.41) is 0. The van der Waals surface area contributed by atoms with Crippen LogP contribution in [-0.4, -0.2) is 19.9 Å². The fourth-order valence-electron chi connectivity index (χ4n) is 1.80. The van der Waals surface area contributed by atoms with Gasteiger partial charge in [0, 0.05) is 25.3 Å². The lowest BCUT2D eigenvalue weighted by Crippen LogP contribution is -2.11. The van der Waals surface area contributed by atoms with Gasteiger partial charge in [0.2, 0.25) is 0 Å². The van der Waals surface area contributed by atoms with Gasteiger partial charge in [0.1, 0.15) is 5.82 Å². The maximum Gasteiger partial charge on any atom is 0.199 e. The van der Waals surface area contributed by atoms with Gasteiger partial charge in [-0.25, -0.2) is 8.78 Å².